The topological polar surface area (TPSA) is 103 Å². The normalized spacial score (nSPS) is 17.7. The number of rotatable bonds is 9. The third-order valence-corrected chi connectivity index (χ3v) is 8.19. The summed E-state index contributed by atoms with van der Waals surface area (Å²) in [4.78, 5) is 30.1. The van der Waals surface area contributed by atoms with Crippen LogP contribution in [0.4, 0.5) is 16.2 Å². The van der Waals surface area contributed by atoms with Crippen molar-refractivity contribution in [2.45, 2.75) is 39.0 Å². The van der Waals surface area contributed by atoms with Gasteiger partial charge >= 0.3 is 6.03 Å². The van der Waals surface area contributed by atoms with E-state index in [1.165, 1.54) is 0 Å². The second-order valence-electron chi connectivity index (χ2n) is 11.0. The number of urea groups is 1. The van der Waals surface area contributed by atoms with Crippen molar-refractivity contribution in [2.75, 3.05) is 44.5 Å². The second-order valence-corrected chi connectivity index (χ2v) is 11.8. The predicted octanol–water partition coefficient (Wildman–Crippen LogP) is 5.93. The van der Waals surface area contributed by atoms with Crippen molar-refractivity contribution < 1.29 is 24.2 Å². The molecule has 0 aliphatic carbocycles. The summed E-state index contributed by atoms with van der Waals surface area (Å²) >= 11 is 12.3. The number of aliphatic hydroxyl groups excluding tert-OH is 1. The van der Waals surface area contributed by atoms with Crippen LogP contribution in [0.2, 0.25) is 10.0 Å². The first-order valence-corrected chi connectivity index (χ1v) is 14.9. The van der Waals surface area contributed by atoms with Crippen LogP contribution in [0, 0.1) is 5.92 Å². The van der Waals surface area contributed by atoms with E-state index >= 15 is 0 Å². The lowest BCUT2D eigenvalue weighted by molar-refractivity contribution is -0.134. The number of ether oxygens (including phenoxy) is 2. The van der Waals surface area contributed by atoms with Crippen LogP contribution >= 0.6 is 23.2 Å². The molecule has 4 rings (SSSR count). The Morgan fingerprint density at radius 3 is 2.47 bits per heavy atom. The number of anilines is 2. The average Bonchev–Trinajstić information content (AvgIpc) is 3.02. The summed E-state index contributed by atoms with van der Waals surface area (Å²) in [6.45, 7) is 5.35. The van der Waals surface area contributed by atoms with E-state index in [-0.39, 0.29) is 37.0 Å². The lowest BCUT2D eigenvalue weighted by Gasteiger charge is -2.34. The number of hydrogen-bond acceptors (Lipinski definition) is 6. The van der Waals surface area contributed by atoms with Gasteiger partial charge in [0.25, 0.3) is 0 Å². The number of halogens is 2. The zero-order valence-electron chi connectivity index (χ0n) is 24.8. The van der Waals surface area contributed by atoms with E-state index in [0.29, 0.717) is 58.1 Å². The van der Waals surface area contributed by atoms with E-state index in [0.717, 1.165) is 5.56 Å². The summed E-state index contributed by atoms with van der Waals surface area (Å²) in [5, 5.41) is 16.6. The van der Waals surface area contributed by atoms with E-state index < -0.39 is 6.03 Å². The molecular formula is C32H38Cl2N4O5. The molecule has 0 saturated heterocycles. The summed E-state index contributed by atoms with van der Waals surface area (Å²) < 4.78 is 11.8. The Hall–Kier alpha value is -3.50. The van der Waals surface area contributed by atoms with Crippen molar-refractivity contribution in [3.8, 4) is 11.5 Å². The fraction of sp³-hybridized carbons (Fsp3) is 0.375. The third-order valence-electron chi connectivity index (χ3n) is 7.45. The van der Waals surface area contributed by atoms with Crippen molar-refractivity contribution in [1.29, 1.82) is 0 Å². The summed E-state index contributed by atoms with van der Waals surface area (Å²) in [7, 11) is 3.58. The smallest absolute Gasteiger partial charge is 0.323 e. The lowest BCUT2D eigenvalue weighted by atomic mass is 10.0. The Kier molecular flexibility index (Phi) is 11.2. The number of fused-ring (bicyclic) bond motifs is 1. The van der Waals surface area contributed by atoms with Crippen molar-refractivity contribution in [1.82, 2.24) is 9.80 Å². The SMILES string of the molecule is COc1ccc(NC(=O)Nc2ccc3c(c2)CC(=O)N([C@H](C)CO)C[C@@H](C)[C@H](CN(C)Cc2ccc(Cl)c(Cl)c2)O3)cc1. The highest BCUT2D eigenvalue weighted by molar-refractivity contribution is 6.42. The minimum absolute atomic E-state index is 0.0479. The van der Waals surface area contributed by atoms with E-state index in [1.54, 1.807) is 60.5 Å². The molecule has 1 aliphatic rings. The van der Waals surface area contributed by atoms with Crippen molar-refractivity contribution in [3.05, 3.63) is 81.8 Å². The molecule has 0 bridgehead atoms. The Morgan fingerprint density at radius 2 is 1.79 bits per heavy atom. The molecule has 9 nitrogen and oxygen atoms in total. The highest BCUT2D eigenvalue weighted by Gasteiger charge is 2.31. The summed E-state index contributed by atoms with van der Waals surface area (Å²) in [5.41, 5.74) is 2.79. The molecule has 0 unspecified atom stereocenters. The molecule has 43 heavy (non-hydrogen) atoms. The maximum absolute atomic E-state index is 13.5. The largest absolute Gasteiger partial charge is 0.497 e. The second kappa shape index (κ2) is 14.8. The van der Waals surface area contributed by atoms with Gasteiger partial charge in [-0.05, 0) is 74.1 Å². The van der Waals surface area contributed by atoms with Gasteiger partial charge in [0.05, 0.1) is 36.2 Å². The number of methoxy groups -OCH3 is 1. The number of aliphatic hydroxyl groups is 1. The van der Waals surface area contributed by atoms with Gasteiger partial charge in [-0.3, -0.25) is 9.69 Å². The van der Waals surface area contributed by atoms with Gasteiger partial charge in [-0.2, -0.15) is 0 Å². The zero-order valence-corrected chi connectivity index (χ0v) is 26.3. The first kappa shape index (κ1) is 32.4. The number of carbonyl (C=O) groups is 2. The van der Waals surface area contributed by atoms with Crippen LogP contribution in [0.25, 0.3) is 0 Å². The molecule has 3 aromatic carbocycles. The highest BCUT2D eigenvalue weighted by Crippen LogP contribution is 2.30. The quantitative estimate of drug-likeness (QED) is 0.271. The van der Waals surface area contributed by atoms with Crippen LogP contribution in [-0.2, 0) is 17.8 Å². The molecule has 0 saturated carbocycles. The first-order valence-electron chi connectivity index (χ1n) is 14.1. The van der Waals surface area contributed by atoms with Crippen LogP contribution in [0.5, 0.6) is 11.5 Å². The van der Waals surface area contributed by atoms with Gasteiger partial charge in [-0.1, -0.05) is 36.2 Å². The first-order chi connectivity index (χ1) is 20.6. The molecule has 11 heteroatoms. The van der Waals surface area contributed by atoms with Crippen LogP contribution in [0.3, 0.4) is 0 Å². The standard InChI is InChI=1S/C32H38Cl2N4O5/c1-20-16-38(21(2)19-39)31(40)15-23-14-25(36-32(41)35-24-6-9-26(42-4)10-7-24)8-12-29(23)43-30(20)18-37(3)17-22-5-11-27(33)28(34)13-22/h5-14,20-21,30,39H,15-19H2,1-4H3,(H2,35,36,41)/t20-,21-,30+/m1/s1. The summed E-state index contributed by atoms with van der Waals surface area (Å²) in [5.74, 6) is 1.09. The molecule has 0 spiro atoms. The third kappa shape index (κ3) is 8.76. The van der Waals surface area contributed by atoms with Crippen molar-refractivity contribution in [2.24, 2.45) is 5.92 Å². The zero-order chi connectivity index (χ0) is 31.1. The lowest BCUT2D eigenvalue weighted by Crippen LogP contribution is -2.47. The van der Waals surface area contributed by atoms with E-state index in [4.69, 9.17) is 32.7 Å². The Balaban J connectivity index is 1.55. The molecule has 3 N–H and O–H groups in total. The summed E-state index contributed by atoms with van der Waals surface area (Å²) in [6.07, 6.45) is -0.212. The number of hydrogen-bond donors (Lipinski definition) is 3. The van der Waals surface area contributed by atoms with E-state index in [2.05, 4.69) is 15.5 Å². The van der Waals surface area contributed by atoms with Gasteiger partial charge in [0.2, 0.25) is 5.91 Å². The minimum Gasteiger partial charge on any atom is -0.497 e. The van der Waals surface area contributed by atoms with Gasteiger partial charge < -0.3 is 30.1 Å². The highest BCUT2D eigenvalue weighted by atomic mass is 35.5. The number of likely N-dealkylation sites (N-methyl/N-ethyl adjacent to an activating group) is 1. The number of carbonyl (C=O) groups excluding carboxylic acids is 2. The molecule has 0 fully saturated rings. The predicted molar refractivity (Wildman–Crippen MR) is 170 cm³/mol. The fourth-order valence-electron chi connectivity index (χ4n) is 5.01. The van der Waals surface area contributed by atoms with Gasteiger partial charge in [0.15, 0.2) is 0 Å². The monoisotopic (exact) mass is 628 g/mol. The van der Waals surface area contributed by atoms with Crippen LogP contribution in [0.1, 0.15) is 25.0 Å². The number of nitrogens with zero attached hydrogens (tertiary/aromatic N) is 2. The molecule has 3 atom stereocenters. The van der Waals surface area contributed by atoms with Gasteiger partial charge in [0.1, 0.15) is 17.6 Å². The van der Waals surface area contributed by atoms with Crippen LogP contribution < -0.4 is 20.1 Å². The number of nitrogens with one attached hydrogen (secondary N) is 2. The molecule has 3 amide bonds. The number of benzene rings is 3. The van der Waals surface area contributed by atoms with Crippen molar-refractivity contribution in [3.63, 3.8) is 0 Å². The van der Waals surface area contributed by atoms with Gasteiger partial charge in [-0.25, -0.2) is 4.79 Å². The van der Waals surface area contributed by atoms with Crippen LogP contribution in [-0.4, -0.2) is 72.8 Å². The van der Waals surface area contributed by atoms with Gasteiger partial charge in [-0.15, -0.1) is 0 Å². The Morgan fingerprint density at radius 1 is 1.09 bits per heavy atom. The van der Waals surface area contributed by atoms with Crippen LogP contribution in [0.15, 0.2) is 60.7 Å². The Labute approximate surface area is 262 Å². The summed E-state index contributed by atoms with van der Waals surface area (Å²) in [6, 6.07) is 17.1. The molecule has 230 valence electrons. The molecule has 3 aromatic rings. The maximum atomic E-state index is 13.5. The maximum Gasteiger partial charge on any atom is 0.323 e. The molecule has 0 radical (unpaired) electrons. The minimum atomic E-state index is -0.425. The molecule has 0 aromatic heterocycles. The Bertz CT molecular complexity index is 1420. The van der Waals surface area contributed by atoms with Crippen molar-refractivity contribution >= 4 is 46.5 Å². The van der Waals surface area contributed by atoms with E-state index in [9.17, 15) is 14.7 Å². The average molecular weight is 630 g/mol. The molecule has 1 aliphatic heterocycles. The van der Waals surface area contributed by atoms with Gasteiger partial charge in [0, 0.05) is 42.5 Å². The number of amides is 3. The molecule has 1 heterocycles. The van der Waals surface area contributed by atoms with E-state index in [1.807, 2.05) is 33.0 Å². The molecular weight excluding hydrogens is 591 g/mol. The fourth-order valence-corrected chi connectivity index (χ4v) is 5.34.